The molecule has 1 aliphatic rings. The van der Waals surface area contributed by atoms with E-state index in [9.17, 15) is 0 Å². The van der Waals surface area contributed by atoms with Crippen molar-refractivity contribution in [2.24, 2.45) is 5.10 Å². The van der Waals surface area contributed by atoms with Crippen molar-refractivity contribution in [3.05, 3.63) is 58.7 Å². The summed E-state index contributed by atoms with van der Waals surface area (Å²) in [4.78, 5) is 7.77. The van der Waals surface area contributed by atoms with Crippen LogP contribution in [0, 0.1) is 13.8 Å². The summed E-state index contributed by atoms with van der Waals surface area (Å²) in [5.74, 6) is 0.690. The molecule has 0 fully saturated rings. The third-order valence-electron chi connectivity index (χ3n) is 4.45. The van der Waals surface area contributed by atoms with Gasteiger partial charge in [0.15, 0.2) is 0 Å². The van der Waals surface area contributed by atoms with Gasteiger partial charge in [0.05, 0.1) is 16.7 Å². The molecule has 0 bridgehead atoms. The molecule has 116 valence electrons. The summed E-state index contributed by atoms with van der Waals surface area (Å²) < 4.78 is 0. The molecule has 4 heteroatoms. The van der Waals surface area contributed by atoms with Crippen molar-refractivity contribution in [3.63, 3.8) is 0 Å². The number of hydrazone groups is 1. The molecule has 0 radical (unpaired) electrons. The van der Waals surface area contributed by atoms with Crippen molar-refractivity contribution in [1.29, 1.82) is 0 Å². The van der Waals surface area contributed by atoms with Crippen LogP contribution in [0.1, 0.15) is 35.1 Å². The van der Waals surface area contributed by atoms with Gasteiger partial charge < -0.3 is 4.98 Å². The molecule has 2 N–H and O–H groups in total. The highest BCUT2D eigenvalue weighted by atomic mass is 15.4. The minimum Gasteiger partial charge on any atom is -0.323 e. The van der Waals surface area contributed by atoms with Gasteiger partial charge in [0, 0.05) is 5.56 Å². The largest absolute Gasteiger partial charge is 0.323 e. The van der Waals surface area contributed by atoms with Crippen LogP contribution in [0.25, 0.3) is 11.0 Å². The molecule has 0 aliphatic heterocycles. The van der Waals surface area contributed by atoms with E-state index in [1.807, 2.05) is 24.3 Å². The third kappa shape index (κ3) is 2.61. The van der Waals surface area contributed by atoms with Crippen LogP contribution < -0.4 is 5.43 Å². The van der Waals surface area contributed by atoms with Gasteiger partial charge in [-0.2, -0.15) is 5.10 Å². The van der Waals surface area contributed by atoms with Gasteiger partial charge in [0.2, 0.25) is 5.95 Å². The first-order valence-electron chi connectivity index (χ1n) is 8.08. The second-order valence-corrected chi connectivity index (χ2v) is 6.23. The maximum absolute atomic E-state index is 4.65. The molecule has 4 nitrogen and oxygen atoms in total. The van der Waals surface area contributed by atoms with E-state index in [2.05, 4.69) is 46.5 Å². The highest BCUT2D eigenvalue weighted by Gasteiger charge is 2.18. The number of nitrogens with one attached hydrogen (secondary N) is 2. The standard InChI is InChI=1S/C19H20N4/c1-12-10-13(2)14-6-5-9-16(15(14)11-12)22-23-19-20-17-7-3-4-8-18(17)21-19/h3-4,7-8,10-11H,5-6,9H2,1-2H3,(H2,20,21,23). The molecule has 1 aromatic heterocycles. The maximum atomic E-state index is 4.65. The molecule has 0 atom stereocenters. The maximum Gasteiger partial charge on any atom is 0.222 e. The number of H-pyrrole nitrogens is 1. The van der Waals surface area contributed by atoms with Gasteiger partial charge in [0.25, 0.3) is 0 Å². The Balaban J connectivity index is 1.67. The molecule has 23 heavy (non-hydrogen) atoms. The Morgan fingerprint density at radius 1 is 1.13 bits per heavy atom. The lowest BCUT2D eigenvalue weighted by atomic mass is 9.86. The smallest absolute Gasteiger partial charge is 0.222 e. The first-order chi connectivity index (χ1) is 11.2. The summed E-state index contributed by atoms with van der Waals surface area (Å²) in [6, 6.07) is 12.5. The lowest BCUT2D eigenvalue weighted by molar-refractivity contribution is 0.829. The molecule has 0 saturated heterocycles. The summed E-state index contributed by atoms with van der Waals surface area (Å²) in [5, 5.41) is 4.65. The number of nitrogens with zero attached hydrogens (tertiary/aromatic N) is 2. The SMILES string of the molecule is Cc1cc(C)c2c(c1)C(=NNc1nc3ccccc3[nH]1)CCC2. The summed E-state index contributed by atoms with van der Waals surface area (Å²) in [6.07, 6.45) is 3.30. The predicted octanol–water partition coefficient (Wildman–Crippen LogP) is 4.33. The van der Waals surface area contributed by atoms with Gasteiger partial charge in [0.1, 0.15) is 0 Å². The Kier molecular flexibility index (Phi) is 3.37. The van der Waals surface area contributed by atoms with E-state index >= 15 is 0 Å². The van der Waals surface area contributed by atoms with Crippen LogP contribution in [0.15, 0.2) is 41.5 Å². The zero-order chi connectivity index (χ0) is 15.8. The quantitative estimate of drug-likeness (QED) is 0.692. The Bertz CT molecular complexity index is 872. The zero-order valence-electron chi connectivity index (χ0n) is 13.5. The molecule has 0 amide bonds. The normalized spacial score (nSPS) is 15.8. The molecule has 1 heterocycles. The lowest BCUT2D eigenvalue weighted by Crippen LogP contribution is -2.15. The fourth-order valence-corrected chi connectivity index (χ4v) is 3.40. The minimum absolute atomic E-state index is 0.690. The number of aryl methyl sites for hydroxylation is 2. The van der Waals surface area contributed by atoms with Crippen molar-refractivity contribution in [2.45, 2.75) is 33.1 Å². The molecule has 3 aromatic rings. The van der Waals surface area contributed by atoms with E-state index in [-0.39, 0.29) is 0 Å². The van der Waals surface area contributed by atoms with Gasteiger partial charge in [-0.25, -0.2) is 10.4 Å². The average molecular weight is 304 g/mol. The number of aromatic amines is 1. The van der Waals surface area contributed by atoms with Crippen LogP contribution in [-0.4, -0.2) is 15.7 Å². The summed E-state index contributed by atoms with van der Waals surface area (Å²) in [6.45, 7) is 4.34. The number of para-hydroxylation sites is 2. The van der Waals surface area contributed by atoms with Crippen LogP contribution in [-0.2, 0) is 6.42 Å². The van der Waals surface area contributed by atoms with E-state index in [1.54, 1.807) is 0 Å². The van der Waals surface area contributed by atoms with Crippen LogP contribution in [0.4, 0.5) is 5.95 Å². The van der Waals surface area contributed by atoms with Gasteiger partial charge in [-0.15, -0.1) is 0 Å². The number of rotatable bonds is 2. The summed E-state index contributed by atoms with van der Waals surface area (Å²) in [5.41, 5.74) is 11.6. The predicted molar refractivity (Wildman–Crippen MR) is 95.1 cm³/mol. The monoisotopic (exact) mass is 304 g/mol. The number of hydrogen-bond donors (Lipinski definition) is 2. The van der Waals surface area contributed by atoms with E-state index in [0.717, 1.165) is 36.0 Å². The fourth-order valence-electron chi connectivity index (χ4n) is 3.40. The molecule has 0 unspecified atom stereocenters. The van der Waals surface area contributed by atoms with Gasteiger partial charge in [-0.1, -0.05) is 23.8 Å². The number of fused-ring (bicyclic) bond motifs is 2. The van der Waals surface area contributed by atoms with Crippen LogP contribution in [0.3, 0.4) is 0 Å². The Hall–Kier alpha value is -2.62. The first-order valence-corrected chi connectivity index (χ1v) is 8.08. The number of hydrogen-bond acceptors (Lipinski definition) is 3. The number of aromatic nitrogens is 2. The molecular formula is C19H20N4. The first kappa shape index (κ1) is 14.0. The van der Waals surface area contributed by atoms with Crippen LogP contribution in [0.2, 0.25) is 0 Å². The number of imidazole rings is 1. The van der Waals surface area contributed by atoms with Crippen LogP contribution >= 0.6 is 0 Å². The number of anilines is 1. The van der Waals surface area contributed by atoms with E-state index in [1.165, 1.54) is 22.3 Å². The Labute approximate surface area is 135 Å². The van der Waals surface area contributed by atoms with E-state index in [0.29, 0.717) is 5.95 Å². The molecular weight excluding hydrogens is 284 g/mol. The zero-order valence-corrected chi connectivity index (χ0v) is 13.5. The van der Waals surface area contributed by atoms with E-state index in [4.69, 9.17) is 0 Å². The molecule has 4 rings (SSSR count). The van der Waals surface area contributed by atoms with E-state index < -0.39 is 0 Å². The van der Waals surface area contributed by atoms with Crippen molar-refractivity contribution in [3.8, 4) is 0 Å². The van der Waals surface area contributed by atoms with Crippen molar-refractivity contribution >= 4 is 22.7 Å². The van der Waals surface area contributed by atoms with Crippen molar-refractivity contribution < 1.29 is 0 Å². The molecule has 0 spiro atoms. The fraction of sp³-hybridized carbons (Fsp3) is 0.263. The van der Waals surface area contributed by atoms with Gasteiger partial charge in [-0.3, -0.25) is 0 Å². The molecule has 0 saturated carbocycles. The van der Waals surface area contributed by atoms with Crippen molar-refractivity contribution in [2.75, 3.05) is 5.43 Å². The second-order valence-electron chi connectivity index (χ2n) is 6.23. The summed E-state index contributed by atoms with van der Waals surface area (Å²) in [7, 11) is 0. The Morgan fingerprint density at radius 3 is 2.87 bits per heavy atom. The third-order valence-corrected chi connectivity index (χ3v) is 4.45. The summed E-state index contributed by atoms with van der Waals surface area (Å²) >= 11 is 0. The second kappa shape index (κ2) is 5.54. The molecule has 1 aliphatic carbocycles. The highest BCUT2D eigenvalue weighted by Crippen LogP contribution is 2.26. The molecule has 2 aromatic carbocycles. The Morgan fingerprint density at radius 2 is 2.00 bits per heavy atom. The lowest BCUT2D eigenvalue weighted by Gasteiger charge is -2.20. The van der Waals surface area contributed by atoms with Crippen LogP contribution in [0.5, 0.6) is 0 Å². The van der Waals surface area contributed by atoms with Crippen molar-refractivity contribution in [1.82, 2.24) is 9.97 Å². The number of benzene rings is 2. The topological polar surface area (TPSA) is 53.1 Å². The van der Waals surface area contributed by atoms with Gasteiger partial charge in [-0.05, 0) is 62.4 Å². The average Bonchev–Trinajstić information content (AvgIpc) is 2.96. The van der Waals surface area contributed by atoms with Gasteiger partial charge >= 0.3 is 0 Å². The highest BCUT2D eigenvalue weighted by molar-refractivity contribution is 6.03. The minimum atomic E-state index is 0.690.